The average molecular weight is 425 g/mol. The van der Waals surface area contributed by atoms with Crippen molar-refractivity contribution in [2.45, 2.75) is 32.1 Å². The zero-order valence-electron chi connectivity index (χ0n) is 17.4. The number of hydrogen-bond donors (Lipinski definition) is 0. The fourth-order valence-electron chi connectivity index (χ4n) is 2.64. The first kappa shape index (κ1) is 21.6. The van der Waals surface area contributed by atoms with Crippen molar-refractivity contribution in [2.75, 3.05) is 7.11 Å². The van der Waals surface area contributed by atoms with Gasteiger partial charge in [-0.2, -0.15) is 4.90 Å². The normalized spacial score (nSPS) is 15.3. The molecule has 0 saturated heterocycles. The van der Waals surface area contributed by atoms with Crippen molar-refractivity contribution in [3.8, 4) is 5.75 Å². The van der Waals surface area contributed by atoms with E-state index in [9.17, 15) is 9.59 Å². The summed E-state index contributed by atoms with van der Waals surface area (Å²) in [7, 11) is 1.59. The lowest BCUT2D eigenvalue weighted by Crippen LogP contribution is -2.40. The minimum Gasteiger partial charge on any atom is -0.497 e. The lowest BCUT2D eigenvalue weighted by Gasteiger charge is -2.23. The van der Waals surface area contributed by atoms with Gasteiger partial charge in [0.05, 0.1) is 7.11 Å². The summed E-state index contributed by atoms with van der Waals surface area (Å²) in [6, 6.07) is 17.0. The van der Waals surface area contributed by atoms with Gasteiger partial charge < -0.3 is 9.47 Å². The van der Waals surface area contributed by atoms with Crippen molar-refractivity contribution >= 4 is 35.0 Å². The highest BCUT2D eigenvalue weighted by Crippen LogP contribution is 2.28. The van der Waals surface area contributed by atoms with Crippen LogP contribution >= 0.6 is 11.8 Å². The van der Waals surface area contributed by atoms with E-state index >= 15 is 0 Å². The van der Waals surface area contributed by atoms with Crippen LogP contribution in [0.5, 0.6) is 5.75 Å². The molecule has 1 heterocycles. The van der Waals surface area contributed by atoms with Gasteiger partial charge in [0.2, 0.25) is 0 Å². The predicted octanol–water partition coefficient (Wildman–Crippen LogP) is 5.10. The third kappa shape index (κ3) is 5.51. The molecule has 0 aliphatic carbocycles. The average Bonchev–Trinajstić information content (AvgIpc) is 3.02. The summed E-state index contributed by atoms with van der Waals surface area (Å²) in [5, 5.41) is 0.304. The monoisotopic (exact) mass is 424 g/mol. The smallest absolute Gasteiger partial charge is 0.423 e. The molecular weight excluding hydrogens is 400 g/mol. The van der Waals surface area contributed by atoms with Crippen molar-refractivity contribution in [1.82, 2.24) is 4.90 Å². The van der Waals surface area contributed by atoms with Gasteiger partial charge in [0.15, 0.2) is 5.17 Å². The summed E-state index contributed by atoms with van der Waals surface area (Å²) < 4.78 is 10.6. The van der Waals surface area contributed by atoms with Crippen LogP contribution in [-0.4, -0.2) is 34.8 Å². The molecule has 2 aromatic rings. The van der Waals surface area contributed by atoms with Crippen LogP contribution in [-0.2, 0) is 15.3 Å². The summed E-state index contributed by atoms with van der Waals surface area (Å²) in [5.74, 6) is 0.783. The molecular formula is C23H24N2O4S. The van der Waals surface area contributed by atoms with Crippen molar-refractivity contribution in [1.29, 1.82) is 0 Å². The van der Waals surface area contributed by atoms with Crippen molar-refractivity contribution in [2.24, 2.45) is 4.99 Å². The van der Waals surface area contributed by atoms with Gasteiger partial charge in [0, 0.05) is 5.75 Å². The molecule has 1 aliphatic heterocycles. The number of imide groups is 1. The van der Waals surface area contributed by atoms with E-state index in [1.165, 1.54) is 11.8 Å². The van der Waals surface area contributed by atoms with E-state index in [-0.39, 0.29) is 5.70 Å². The van der Waals surface area contributed by atoms with Crippen LogP contribution in [0.1, 0.15) is 31.9 Å². The maximum atomic E-state index is 13.0. The summed E-state index contributed by atoms with van der Waals surface area (Å²) in [5.41, 5.74) is 1.30. The van der Waals surface area contributed by atoms with E-state index in [4.69, 9.17) is 9.47 Å². The van der Waals surface area contributed by atoms with Gasteiger partial charge in [-0.05, 0) is 50.1 Å². The van der Waals surface area contributed by atoms with Gasteiger partial charge in [0.1, 0.15) is 17.0 Å². The highest BCUT2D eigenvalue weighted by atomic mass is 32.2. The van der Waals surface area contributed by atoms with Crippen LogP contribution in [0.15, 0.2) is 65.3 Å². The molecule has 0 aromatic heterocycles. The lowest BCUT2D eigenvalue weighted by molar-refractivity contribution is -0.122. The van der Waals surface area contributed by atoms with Crippen LogP contribution in [0, 0.1) is 0 Å². The Morgan fingerprint density at radius 1 is 1.10 bits per heavy atom. The van der Waals surface area contributed by atoms with Gasteiger partial charge in [-0.1, -0.05) is 54.2 Å². The number of ether oxygens (including phenoxy) is 2. The van der Waals surface area contributed by atoms with Gasteiger partial charge in [-0.25, -0.2) is 9.79 Å². The topological polar surface area (TPSA) is 68.2 Å². The van der Waals surface area contributed by atoms with Gasteiger partial charge in [0.25, 0.3) is 5.91 Å². The van der Waals surface area contributed by atoms with E-state index in [1.807, 2.05) is 42.5 Å². The minimum atomic E-state index is -0.732. The number of carbonyl (C=O) groups excluding carboxylic acids is 2. The maximum absolute atomic E-state index is 13.0. The van der Waals surface area contributed by atoms with Crippen molar-refractivity contribution in [3.05, 3.63) is 71.4 Å². The number of carbonyl (C=O) groups is 2. The molecule has 0 saturated carbocycles. The number of nitrogens with zero attached hydrogens (tertiary/aromatic N) is 2. The van der Waals surface area contributed by atoms with E-state index in [0.29, 0.717) is 16.7 Å². The van der Waals surface area contributed by atoms with Crippen LogP contribution in [0.3, 0.4) is 0 Å². The van der Waals surface area contributed by atoms with Crippen LogP contribution in [0.2, 0.25) is 0 Å². The lowest BCUT2D eigenvalue weighted by atomic mass is 10.2. The molecule has 0 unspecified atom stereocenters. The largest absolute Gasteiger partial charge is 0.497 e. The number of thioether (sulfide) groups is 1. The van der Waals surface area contributed by atoms with Crippen LogP contribution in [0.4, 0.5) is 4.79 Å². The van der Waals surface area contributed by atoms with Gasteiger partial charge >= 0.3 is 6.09 Å². The third-order valence-corrected chi connectivity index (χ3v) is 5.05. The standard InChI is InChI=1S/C23H24N2O4S/c1-23(2,3)29-22(27)25-20(26)19(14-16-10-12-18(28-4)13-11-16)24-21(25)30-15-17-8-6-5-7-9-17/h5-14H,15H2,1-4H3/b19-14-. The minimum absolute atomic E-state index is 0.182. The first-order valence-electron chi connectivity index (χ1n) is 9.45. The van der Waals surface area contributed by atoms with Crippen molar-refractivity contribution in [3.63, 3.8) is 0 Å². The van der Waals surface area contributed by atoms with Crippen LogP contribution < -0.4 is 4.74 Å². The molecule has 3 rings (SSSR count). The van der Waals surface area contributed by atoms with E-state index in [1.54, 1.807) is 46.1 Å². The predicted molar refractivity (Wildman–Crippen MR) is 119 cm³/mol. The van der Waals surface area contributed by atoms with Gasteiger partial charge in [-0.15, -0.1) is 0 Å². The zero-order chi connectivity index (χ0) is 21.7. The molecule has 30 heavy (non-hydrogen) atoms. The molecule has 0 bridgehead atoms. The summed E-state index contributed by atoms with van der Waals surface area (Å²) in [6.07, 6.45) is 0.917. The fraction of sp³-hybridized carbons (Fsp3) is 0.261. The number of hydrogen-bond acceptors (Lipinski definition) is 6. The zero-order valence-corrected chi connectivity index (χ0v) is 18.2. The van der Waals surface area contributed by atoms with Crippen LogP contribution in [0.25, 0.3) is 6.08 Å². The molecule has 0 atom stereocenters. The van der Waals surface area contributed by atoms with Crippen molar-refractivity contribution < 1.29 is 19.1 Å². The molecule has 0 radical (unpaired) electrons. The van der Waals surface area contributed by atoms with Gasteiger partial charge in [-0.3, -0.25) is 4.79 Å². The molecule has 156 valence electrons. The Hall–Kier alpha value is -3.06. The van der Waals surface area contributed by atoms with E-state index in [0.717, 1.165) is 16.0 Å². The number of amides is 2. The number of rotatable bonds is 4. The first-order chi connectivity index (χ1) is 14.3. The highest BCUT2D eigenvalue weighted by Gasteiger charge is 2.38. The molecule has 2 aromatic carbocycles. The molecule has 0 spiro atoms. The Balaban J connectivity index is 1.87. The Labute approximate surface area is 180 Å². The Bertz CT molecular complexity index is 977. The summed E-state index contributed by atoms with van der Waals surface area (Å²) in [4.78, 5) is 31.2. The molecule has 2 amide bonds. The molecule has 7 heteroatoms. The Morgan fingerprint density at radius 2 is 1.77 bits per heavy atom. The third-order valence-electron chi connectivity index (χ3n) is 4.04. The molecule has 0 fully saturated rings. The number of aliphatic imine (C=N–C) groups is 1. The molecule has 0 N–H and O–H groups in total. The molecule has 6 nitrogen and oxygen atoms in total. The number of benzene rings is 2. The van der Waals surface area contributed by atoms with E-state index in [2.05, 4.69) is 4.99 Å². The second kappa shape index (κ2) is 9.17. The number of amidine groups is 1. The Morgan fingerprint density at radius 3 is 2.37 bits per heavy atom. The SMILES string of the molecule is COc1ccc(/C=C2\N=C(SCc3ccccc3)N(C(=O)OC(C)(C)C)C2=O)cc1. The second-order valence-electron chi connectivity index (χ2n) is 7.59. The molecule has 1 aliphatic rings. The number of methoxy groups -OCH3 is 1. The fourth-order valence-corrected chi connectivity index (χ4v) is 3.58. The Kier molecular flexibility index (Phi) is 6.62. The highest BCUT2D eigenvalue weighted by molar-refractivity contribution is 8.13. The first-order valence-corrected chi connectivity index (χ1v) is 10.4. The quantitative estimate of drug-likeness (QED) is 0.639. The summed E-state index contributed by atoms with van der Waals surface area (Å²) >= 11 is 1.32. The summed E-state index contributed by atoms with van der Waals surface area (Å²) in [6.45, 7) is 5.27. The maximum Gasteiger partial charge on any atom is 0.423 e. The second-order valence-corrected chi connectivity index (χ2v) is 8.53. The van der Waals surface area contributed by atoms with E-state index < -0.39 is 17.6 Å².